The van der Waals surface area contributed by atoms with Crippen molar-refractivity contribution < 1.29 is 0 Å². The number of nitrogens with zero attached hydrogens (tertiary/aromatic N) is 2. The Bertz CT molecular complexity index is 146. The Kier molecular flexibility index (Phi) is 10.7. The Hall–Kier alpha value is 0.750. The van der Waals surface area contributed by atoms with Crippen molar-refractivity contribution in [3.05, 3.63) is 0 Å². The molecule has 2 fully saturated rings. The number of piperazine rings is 1. The van der Waals surface area contributed by atoms with Gasteiger partial charge in [0.2, 0.25) is 0 Å². The van der Waals surface area contributed by atoms with Crippen LogP contribution in [0.1, 0.15) is 6.42 Å². The molecule has 0 amide bonds. The van der Waals surface area contributed by atoms with Crippen LogP contribution in [0.5, 0.6) is 0 Å². The maximum absolute atomic E-state index is 3.43. The lowest BCUT2D eigenvalue weighted by atomic mass is 10.2. The average Bonchev–Trinajstić information content (AvgIpc) is 2.58. The van der Waals surface area contributed by atoms with Crippen LogP contribution < -0.4 is 5.32 Å². The predicted molar refractivity (Wildman–Crippen MR) is 72.1 cm³/mol. The largest absolute Gasteiger partial charge is 0.315 e. The zero-order valence-electron chi connectivity index (χ0n) is 9.15. The van der Waals surface area contributed by atoms with Crippen LogP contribution in [0.3, 0.4) is 0 Å². The summed E-state index contributed by atoms with van der Waals surface area (Å²) >= 11 is 0. The fraction of sp³-hybridized carbons (Fsp3) is 1.00. The molecule has 0 aliphatic carbocycles. The van der Waals surface area contributed by atoms with Crippen molar-refractivity contribution >= 4 is 37.2 Å². The van der Waals surface area contributed by atoms with E-state index in [1.54, 1.807) is 0 Å². The van der Waals surface area contributed by atoms with E-state index in [2.05, 4.69) is 22.2 Å². The van der Waals surface area contributed by atoms with E-state index in [1.807, 2.05) is 0 Å². The summed E-state index contributed by atoms with van der Waals surface area (Å²) in [6.07, 6.45) is 1.35. The second-order valence-electron chi connectivity index (χ2n) is 3.99. The average molecular weight is 279 g/mol. The fourth-order valence-corrected chi connectivity index (χ4v) is 2.14. The molecule has 0 unspecified atom stereocenters. The summed E-state index contributed by atoms with van der Waals surface area (Å²) in [5.74, 6) is 0. The minimum absolute atomic E-state index is 0. The van der Waals surface area contributed by atoms with Gasteiger partial charge in [-0.25, -0.2) is 0 Å². The van der Waals surface area contributed by atoms with Crippen LogP contribution in [0.25, 0.3) is 0 Å². The Balaban J connectivity index is 0. The van der Waals surface area contributed by atoms with Crippen LogP contribution >= 0.6 is 37.2 Å². The first-order chi connectivity index (χ1) is 5.86. The normalized spacial score (nSPS) is 27.4. The van der Waals surface area contributed by atoms with E-state index in [9.17, 15) is 0 Å². The summed E-state index contributed by atoms with van der Waals surface area (Å²) in [5.41, 5.74) is 0. The number of nitrogens with one attached hydrogen (secondary N) is 1. The Labute approximate surface area is 111 Å². The van der Waals surface area contributed by atoms with Gasteiger partial charge in [0, 0.05) is 38.8 Å². The minimum Gasteiger partial charge on any atom is -0.315 e. The lowest BCUT2D eigenvalue weighted by molar-refractivity contribution is 0.119. The minimum atomic E-state index is 0. The topological polar surface area (TPSA) is 18.5 Å². The van der Waals surface area contributed by atoms with Gasteiger partial charge in [-0.05, 0) is 20.0 Å². The van der Waals surface area contributed by atoms with E-state index in [4.69, 9.17) is 0 Å². The van der Waals surface area contributed by atoms with E-state index >= 15 is 0 Å². The zero-order valence-corrected chi connectivity index (χ0v) is 11.6. The molecule has 6 heteroatoms. The zero-order chi connectivity index (χ0) is 8.39. The number of hydrogen-bond acceptors (Lipinski definition) is 3. The number of rotatable bonds is 1. The molecule has 15 heavy (non-hydrogen) atoms. The van der Waals surface area contributed by atoms with Crippen LogP contribution in [-0.2, 0) is 0 Å². The van der Waals surface area contributed by atoms with E-state index in [0.29, 0.717) is 0 Å². The van der Waals surface area contributed by atoms with Gasteiger partial charge in [0.05, 0.1) is 0 Å². The van der Waals surface area contributed by atoms with Crippen molar-refractivity contribution in [2.75, 3.05) is 46.3 Å². The smallest absolute Gasteiger partial charge is 0.0233 e. The lowest BCUT2D eigenvalue weighted by Crippen LogP contribution is -2.49. The van der Waals surface area contributed by atoms with E-state index < -0.39 is 0 Å². The standard InChI is InChI=1S/C9H19N3.3ClH/c1-11-4-6-12(7-5-11)9-2-3-10-8-9;;;/h9-10H,2-8H2,1H3;3*1H/t9-;;;/m1.../s1. The molecule has 2 aliphatic heterocycles. The van der Waals surface area contributed by atoms with E-state index in [1.165, 1.54) is 45.7 Å². The Morgan fingerprint density at radius 1 is 1.00 bits per heavy atom. The van der Waals surface area contributed by atoms with Crippen LogP contribution in [0.4, 0.5) is 0 Å². The molecule has 2 heterocycles. The molecule has 0 aromatic carbocycles. The second kappa shape index (κ2) is 8.85. The van der Waals surface area contributed by atoms with Crippen molar-refractivity contribution in [3.63, 3.8) is 0 Å². The molecule has 2 rings (SSSR count). The summed E-state index contributed by atoms with van der Waals surface area (Å²) < 4.78 is 0. The van der Waals surface area contributed by atoms with Crippen LogP contribution in [-0.4, -0.2) is 62.2 Å². The van der Waals surface area contributed by atoms with Crippen molar-refractivity contribution in [2.45, 2.75) is 12.5 Å². The molecule has 1 N–H and O–H groups in total. The molecule has 3 nitrogen and oxygen atoms in total. The molecular weight excluding hydrogens is 256 g/mol. The molecular formula is C9H22Cl3N3. The third kappa shape index (κ3) is 5.07. The summed E-state index contributed by atoms with van der Waals surface area (Å²) in [6.45, 7) is 7.46. The molecule has 0 aromatic rings. The fourth-order valence-electron chi connectivity index (χ4n) is 2.14. The van der Waals surface area contributed by atoms with Gasteiger partial charge in [-0.3, -0.25) is 4.90 Å². The summed E-state index contributed by atoms with van der Waals surface area (Å²) in [7, 11) is 2.21. The quantitative estimate of drug-likeness (QED) is 0.768. The SMILES string of the molecule is CN1CCN([C@@H]2CCNC2)CC1.Cl.Cl.Cl. The van der Waals surface area contributed by atoms with Crippen molar-refractivity contribution in [1.29, 1.82) is 0 Å². The number of halogens is 3. The number of hydrogen-bond donors (Lipinski definition) is 1. The van der Waals surface area contributed by atoms with Gasteiger partial charge < -0.3 is 10.2 Å². The highest BCUT2D eigenvalue weighted by Crippen LogP contribution is 2.10. The first kappa shape index (κ1) is 18.1. The van der Waals surface area contributed by atoms with E-state index in [0.717, 1.165) is 6.04 Å². The summed E-state index contributed by atoms with van der Waals surface area (Å²) in [5, 5.41) is 3.43. The first-order valence-corrected chi connectivity index (χ1v) is 4.99. The second-order valence-corrected chi connectivity index (χ2v) is 3.99. The van der Waals surface area contributed by atoms with Gasteiger partial charge in [-0.1, -0.05) is 0 Å². The lowest BCUT2D eigenvalue weighted by Gasteiger charge is -2.36. The van der Waals surface area contributed by atoms with E-state index in [-0.39, 0.29) is 37.2 Å². The highest BCUT2D eigenvalue weighted by Gasteiger charge is 2.24. The maximum atomic E-state index is 3.43. The van der Waals surface area contributed by atoms with Crippen LogP contribution in [0.2, 0.25) is 0 Å². The van der Waals surface area contributed by atoms with Crippen molar-refractivity contribution in [2.24, 2.45) is 0 Å². The molecule has 2 saturated heterocycles. The van der Waals surface area contributed by atoms with Gasteiger partial charge in [-0.15, -0.1) is 37.2 Å². The van der Waals surface area contributed by atoms with Crippen LogP contribution in [0.15, 0.2) is 0 Å². The Morgan fingerprint density at radius 3 is 2.07 bits per heavy atom. The summed E-state index contributed by atoms with van der Waals surface area (Å²) in [6, 6.07) is 0.832. The van der Waals surface area contributed by atoms with Crippen molar-refractivity contribution in [1.82, 2.24) is 15.1 Å². The number of likely N-dealkylation sites (N-methyl/N-ethyl adjacent to an activating group) is 1. The predicted octanol–water partition coefficient (Wildman–Crippen LogP) is 0.861. The molecule has 1 atom stereocenters. The van der Waals surface area contributed by atoms with Crippen LogP contribution in [0, 0.1) is 0 Å². The third-order valence-electron chi connectivity index (χ3n) is 3.09. The molecule has 94 valence electrons. The van der Waals surface area contributed by atoms with Crippen molar-refractivity contribution in [3.8, 4) is 0 Å². The van der Waals surface area contributed by atoms with Gasteiger partial charge in [0.1, 0.15) is 0 Å². The molecule has 0 saturated carbocycles. The Morgan fingerprint density at radius 2 is 1.60 bits per heavy atom. The van der Waals surface area contributed by atoms with Gasteiger partial charge in [0.15, 0.2) is 0 Å². The first-order valence-electron chi connectivity index (χ1n) is 4.99. The molecule has 0 radical (unpaired) electrons. The monoisotopic (exact) mass is 277 g/mol. The van der Waals surface area contributed by atoms with Gasteiger partial charge in [-0.2, -0.15) is 0 Å². The highest BCUT2D eigenvalue weighted by atomic mass is 35.5. The third-order valence-corrected chi connectivity index (χ3v) is 3.09. The summed E-state index contributed by atoms with van der Waals surface area (Å²) in [4.78, 5) is 5.05. The van der Waals surface area contributed by atoms with Gasteiger partial charge >= 0.3 is 0 Å². The molecule has 0 bridgehead atoms. The molecule has 0 aromatic heterocycles. The van der Waals surface area contributed by atoms with Gasteiger partial charge in [0.25, 0.3) is 0 Å². The molecule has 0 spiro atoms. The highest BCUT2D eigenvalue weighted by molar-refractivity contribution is 5.86. The maximum Gasteiger partial charge on any atom is 0.0233 e. The molecule has 2 aliphatic rings.